The molecule has 0 radical (unpaired) electrons. The number of rotatable bonds is 3. The van der Waals surface area contributed by atoms with E-state index in [2.05, 4.69) is 28.8 Å². The molecule has 0 N–H and O–H groups in total. The van der Waals surface area contributed by atoms with Gasteiger partial charge in [-0.25, -0.2) is 4.39 Å². The lowest BCUT2D eigenvalue weighted by Crippen LogP contribution is -2.12. The maximum atomic E-state index is 13.9. The number of benzene rings is 2. The van der Waals surface area contributed by atoms with Gasteiger partial charge in [-0.15, -0.1) is 0 Å². The number of hydrogen-bond donors (Lipinski definition) is 0. The van der Waals surface area contributed by atoms with Crippen LogP contribution in [0.15, 0.2) is 42.5 Å². The van der Waals surface area contributed by atoms with Crippen molar-refractivity contribution in [3.63, 3.8) is 0 Å². The summed E-state index contributed by atoms with van der Waals surface area (Å²) in [5.74, 6) is 1.24. The Kier molecular flexibility index (Phi) is 3.88. The predicted octanol–water partition coefficient (Wildman–Crippen LogP) is 7.00. The second kappa shape index (κ2) is 6.26. The summed E-state index contributed by atoms with van der Waals surface area (Å²) >= 11 is 0. The minimum absolute atomic E-state index is 0.119. The van der Waals surface area contributed by atoms with Crippen molar-refractivity contribution in [2.75, 3.05) is 0 Å². The monoisotopic (exact) mass is 347 g/mol. The highest BCUT2D eigenvalue weighted by molar-refractivity contribution is 5.88. The molecule has 1 nitrogen and oxygen atoms in total. The first-order valence-corrected chi connectivity index (χ1v) is 10.1. The molecule has 1 heterocycles. The maximum Gasteiger partial charge on any atom is 0.126 e. The van der Waals surface area contributed by atoms with Gasteiger partial charge in [0.2, 0.25) is 0 Å². The normalized spacial score (nSPS) is 18.5. The van der Waals surface area contributed by atoms with Gasteiger partial charge in [0.25, 0.3) is 0 Å². The lowest BCUT2D eigenvalue weighted by atomic mass is 9.84. The molecule has 2 fully saturated rings. The zero-order valence-corrected chi connectivity index (χ0v) is 15.5. The molecule has 1 aromatic heterocycles. The van der Waals surface area contributed by atoms with Crippen molar-refractivity contribution in [1.29, 1.82) is 0 Å². The Morgan fingerprint density at radius 2 is 1.65 bits per heavy atom. The number of fused-ring (bicyclic) bond motifs is 1. The van der Waals surface area contributed by atoms with Crippen LogP contribution in [-0.2, 0) is 0 Å². The molecule has 0 amide bonds. The fourth-order valence-electron chi connectivity index (χ4n) is 4.91. The van der Waals surface area contributed by atoms with E-state index in [1.165, 1.54) is 61.5 Å². The van der Waals surface area contributed by atoms with Gasteiger partial charge >= 0.3 is 0 Å². The maximum absolute atomic E-state index is 13.9. The van der Waals surface area contributed by atoms with Crippen LogP contribution >= 0.6 is 0 Å². The van der Waals surface area contributed by atoms with Gasteiger partial charge in [-0.1, -0.05) is 37.5 Å². The van der Waals surface area contributed by atoms with Gasteiger partial charge in [0, 0.05) is 16.8 Å². The zero-order chi connectivity index (χ0) is 17.7. The smallest absolute Gasteiger partial charge is 0.126 e. The van der Waals surface area contributed by atoms with E-state index in [0.717, 1.165) is 17.2 Å². The summed E-state index contributed by atoms with van der Waals surface area (Å²) in [5, 5.41) is 1.41. The zero-order valence-electron chi connectivity index (χ0n) is 15.5. The quantitative estimate of drug-likeness (QED) is 0.480. The van der Waals surface area contributed by atoms with E-state index in [4.69, 9.17) is 0 Å². The van der Waals surface area contributed by atoms with Crippen LogP contribution in [0.3, 0.4) is 0 Å². The lowest BCUT2D eigenvalue weighted by Gasteiger charge is -2.25. The summed E-state index contributed by atoms with van der Waals surface area (Å²) in [7, 11) is 0. The number of nitrogens with zero attached hydrogens (tertiary/aromatic N) is 1. The van der Waals surface area contributed by atoms with E-state index in [1.807, 2.05) is 19.1 Å². The molecule has 0 bridgehead atoms. The standard InChI is InChI=1S/C24H26FN/c1-16-15-19(13-14-21(16)25)26-22-10-6-5-9-20(22)23(17-11-12-17)24(26)18-7-3-2-4-8-18/h5-6,9-10,13-15,17-18H,2-4,7-8,11-12H2,1H3. The van der Waals surface area contributed by atoms with Crippen molar-refractivity contribution in [3.05, 3.63) is 65.1 Å². The first-order valence-electron chi connectivity index (χ1n) is 10.1. The predicted molar refractivity (Wildman–Crippen MR) is 106 cm³/mol. The highest BCUT2D eigenvalue weighted by atomic mass is 19.1. The first kappa shape index (κ1) is 16.1. The van der Waals surface area contributed by atoms with Crippen LogP contribution in [0.5, 0.6) is 0 Å². The Labute approximate surface area is 154 Å². The van der Waals surface area contributed by atoms with Crippen molar-refractivity contribution >= 4 is 10.9 Å². The fraction of sp³-hybridized carbons (Fsp3) is 0.417. The van der Waals surface area contributed by atoms with Gasteiger partial charge < -0.3 is 4.57 Å². The second-order valence-corrected chi connectivity index (χ2v) is 8.19. The van der Waals surface area contributed by atoms with Crippen molar-refractivity contribution < 1.29 is 4.39 Å². The Morgan fingerprint density at radius 3 is 2.38 bits per heavy atom. The SMILES string of the molecule is Cc1cc(-n2c(C3CCCCC3)c(C3CC3)c3ccccc32)ccc1F. The van der Waals surface area contributed by atoms with Gasteiger partial charge in [-0.05, 0) is 79.8 Å². The molecule has 134 valence electrons. The van der Waals surface area contributed by atoms with Crippen LogP contribution in [0.4, 0.5) is 4.39 Å². The molecule has 0 saturated heterocycles. The fourth-order valence-corrected chi connectivity index (χ4v) is 4.91. The Hall–Kier alpha value is -2.09. The molecule has 0 aliphatic heterocycles. The van der Waals surface area contributed by atoms with Crippen LogP contribution in [-0.4, -0.2) is 4.57 Å². The molecule has 2 aliphatic rings. The largest absolute Gasteiger partial charge is 0.313 e. The Morgan fingerprint density at radius 1 is 0.885 bits per heavy atom. The van der Waals surface area contributed by atoms with Crippen molar-refractivity contribution in [3.8, 4) is 5.69 Å². The molecule has 26 heavy (non-hydrogen) atoms. The van der Waals surface area contributed by atoms with E-state index < -0.39 is 0 Å². The molecule has 5 rings (SSSR count). The first-order chi connectivity index (χ1) is 12.7. The molecule has 2 aliphatic carbocycles. The van der Waals surface area contributed by atoms with Gasteiger partial charge in [0.1, 0.15) is 5.82 Å². The molecule has 2 aromatic carbocycles. The van der Waals surface area contributed by atoms with Crippen molar-refractivity contribution in [2.45, 2.75) is 63.7 Å². The summed E-state index contributed by atoms with van der Waals surface area (Å²) in [5.41, 5.74) is 6.25. The van der Waals surface area contributed by atoms with Gasteiger partial charge in [0.15, 0.2) is 0 Å². The number of halogens is 1. The third-order valence-corrected chi connectivity index (χ3v) is 6.33. The van der Waals surface area contributed by atoms with Crippen LogP contribution in [0.2, 0.25) is 0 Å². The van der Waals surface area contributed by atoms with Gasteiger partial charge in [0.05, 0.1) is 5.52 Å². The van der Waals surface area contributed by atoms with Crippen LogP contribution < -0.4 is 0 Å². The van der Waals surface area contributed by atoms with E-state index in [1.54, 1.807) is 11.6 Å². The second-order valence-electron chi connectivity index (χ2n) is 8.19. The number of para-hydroxylation sites is 1. The molecule has 2 heteroatoms. The average molecular weight is 347 g/mol. The van der Waals surface area contributed by atoms with Crippen LogP contribution in [0.25, 0.3) is 16.6 Å². The number of aryl methyl sites for hydroxylation is 1. The molecule has 0 atom stereocenters. The van der Waals surface area contributed by atoms with Gasteiger partial charge in [-0.2, -0.15) is 0 Å². The van der Waals surface area contributed by atoms with E-state index in [0.29, 0.717) is 5.92 Å². The molecule has 2 saturated carbocycles. The van der Waals surface area contributed by atoms with E-state index in [9.17, 15) is 4.39 Å². The average Bonchev–Trinajstić information content (AvgIpc) is 3.45. The van der Waals surface area contributed by atoms with Crippen molar-refractivity contribution in [1.82, 2.24) is 4.57 Å². The Balaban J connectivity index is 1.81. The third kappa shape index (κ3) is 2.58. The van der Waals surface area contributed by atoms with Crippen LogP contribution in [0.1, 0.15) is 73.6 Å². The van der Waals surface area contributed by atoms with E-state index >= 15 is 0 Å². The summed E-state index contributed by atoms with van der Waals surface area (Å²) in [4.78, 5) is 0. The summed E-state index contributed by atoms with van der Waals surface area (Å²) in [6.07, 6.45) is 9.24. The molecule has 0 spiro atoms. The molecule has 3 aromatic rings. The molecular weight excluding hydrogens is 321 g/mol. The van der Waals surface area contributed by atoms with Crippen molar-refractivity contribution in [2.24, 2.45) is 0 Å². The van der Waals surface area contributed by atoms with E-state index in [-0.39, 0.29) is 5.82 Å². The minimum atomic E-state index is -0.119. The summed E-state index contributed by atoms with van der Waals surface area (Å²) in [6.45, 7) is 1.87. The number of aromatic nitrogens is 1. The highest BCUT2D eigenvalue weighted by Crippen LogP contribution is 2.50. The third-order valence-electron chi connectivity index (χ3n) is 6.33. The number of hydrogen-bond acceptors (Lipinski definition) is 0. The topological polar surface area (TPSA) is 4.93 Å². The lowest BCUT2D eigenvalue weighted by molar-refractivity contribution is 0.431. The Bertz CT molecular complexity index is 958. The molecular formula is C24H26FN. The summed E-state index contributed by atoms with van der Waals surface area (Å²) < 4.78 is 16.4. The minimum Gasteiger partial charge on any atom is -0.313 e. The molecule has 0 unspecified atom stereocenters. The van der Waals surface area contributed by atoms with Crippen LogP contribution in [0, 0.1) is 12.7 Å². The van der Waals surface area contributed by atoms with Gasteiger partial charge in [-0.3, -0.25) is 0 Å². The highest BCUT2D eigenvalue weighted by Gasteiger charge is 2.34. The summed E-state index contributed by atoms with van der Waals surface area (Å²) in [6, 6.07) is 14.4.